The second kappa shape index (κ2) is 10.4. The van der Waals surface area contributed by atoms with Crippen molar-refractivity contribution in [2.24, 2.45) is 5.92 Å². The number of piperidine rings is 1. The molecule has 1 saturated heterocycles. The number of nitrogens with one attached hydrogen (secondary N) is 3. The first-order valence-electron chi connectivity index (χ1n) is 11.4. The largest absolute Gasteiger partial charge is 0.351 e. The van der Waals surface area contributed by atoms with Crippen LogP contribution in [0.25, 0.3) is 10.9 Å². The Hall–Kier alpha value is -3.19. The molecule has 1 aromatic carbocycles. The molecule has 0 radical (unpaired) electrons. The summed E-state index contributed by atoms with van der Waals surface area (Å²) >= 11 is 0. The number of benzene rings is 1. The number of fused-ring (bicyclic) bond motifs is 1. The zero-order valence-corrected chi connectivity index (χ0v) is 18.6. The maximum Gasteiger partial charge on any atom is 0.267 e. The van der Waals surface area contributed by atoms with E-state index in [4.69, 9.17) is 0 Å². The van der Waals surface area contributed by atoms with E-state index in [-0.39, 0.29) is 11.8 Å². The van der Waals surface area contributed by atoms with Crippen molar-refractivity contribution in [3.8, 4) is 0 Å². The van der Waals surface area contributed by atoms with Gasteiger partial charge in [0.2, 0.25) is 0 Å². The van der Waals surface area contributed by atoms with Crippen LogP contribution in [0.1, 0.15) is 52.1 Å². The first-order valence-corrected chi connectivity index (χ1v) is 11.4. The molecule has 2 aromatic heterocycles. The van der Waals surface area contributed by atoms with Crippen LogP contribution in [0.5, 0.6) is 0 Å². The van der Waals surface area contributed by atoms with Crippen LogP contribution < -0.4 is 10.6 Å². The van der Waals surface area contributed by atoms with Gasteiger partial charge < -0.3 is 20.5 Å². The van der Waals surface area contributed by atoms with Gasteiger partial charge in [-0.3, -0.25) is 14.6 Å². The number of aromatic amines is 1. The number of H-pyrrole nitrogens is 1. The Morgan fingerprint density at radius 2 is 1.94 bits per heavy atom. The lowest BCUT2D eigenvalue weighted by Crippen LogP contribution is -2.38. The van der Waals surface area contributed by atoms with Gasteiger partial charge >= 0.3 is 0 Å². The topological polar surface area (TPSA) is 90.1 Å². The maximum absolute atomic E-state index is 12.8. The van der Waals surface area contributed by atoms with E-state index >= 15 is 0 Å². The lowest BCUT2D eigenvalue weighted by molar-refractivity contribution is 0.0685. The van der Waals surface area contributed by atoms with Gasteiger partial charge in [-0.2, -0.15) is 0 Å². The van der Waals surface area contributed by atoms with E-state index in [0.29, 0.717) is 18.2 Å². The second-order valence-electron chi connectivity index (χ2n) is 8.51. The van der Waals surface area contributed by atoms with Crippen molar-refractivity contribution in [2.45, 2.75) is 32.2 Å². The van der Waals surface area contributed by atoms with Crippen LogP contribution in [-0.2, 0) is 6.54 Å². The Morgan fingerprint density at radius 3 is 2.66 bits per heavy atom. The maximum atomic E-state index is 12.8. The highest BCUT2D eigenvalue weighted by molar-refractivity contribution is 5.97. The molecule has 3 N–H and O–H groups in total. The average Bonchev–Trinajstić information content (AvgIpc) is 3.27. The Morgan fingerprint density at radius 1 is 1.16 bits per heavy atom. The van der Waals surface area contributed by atoms with Crippen LogP contribution in [0.2, 0.25) is 0 Å². The minimum Gasteiger partial charge on any atom is -0.351 e. The third-order valence-corrected chi connectivity index (χ3v) is 6.22. The van der Waals surface area contributed by atoms with Crippen LogP contribution in [0.4, 0.5) is 0 Å². The zero-order chi connectivity index (χ0) is 22.3. The summed E-state index contributed by atoms with van der Waals surface area (Å²) in [7, 11) is 1.92. The predicted octanol–water partition coefficient (Wildman–Crippen LogP) is 3.34. The van der Waals surface area contributed by atoms with Crippen LogP contribution in [-0.4, -0.2) is 53.4 Å². The van der Waals surface area contributed by atoms with Gasteiger partial charge in [0.1, 0.15) is 5.69 Å². The fourth-order valence-corrected chi connectivity index (χ4v) is 4.36. The number of hydrogen-bond acceptors (Lipinski definition) is 4. The molecule has 0 spiro atoms. The third kappa shape index (κ3) is 5.34. The average molecular weight is 434 g/mol. The minimum absolute atomic E-state index is 0.0812. The molecule has 4 rings (SSSR count). The van der Waals surface area contributed by atoms with Crippen molar-refractivity contribution in [3.05, 3.63) is 65.6 Å². The summed E-state index contributed by atoms with van der Waals surface area (Å²) in [4.78, 5) is 34.3. The van der Waals surface area contributed by atoms with Crippen molar-refractivity contribution in [1.82, 2.24) is 25.5 Å². The van der Waals surface area contributed by atoms with E-state index in [0.717, 1.165) is 61.8 Å². The van der Waals surface area contributed by atoms with Gasteiger partial charge in [0.15, 0.2) is 0 Å². The normalized spacial score (nSPS) is 14.6. The van der Waals surface area contributed by atoms with Gasteiger partial charge in [-0.1, -0.05) is 12.1 Å². The number of pyridine rings is 1. The quantitative estimate of drug-likeness (QED) is 0.475. The standard InChI is InChI=1S/C25H31N5O2/c1-26-16-19-4-6-20(7-5-19)25(32)30-13-9-18(10-14-30)3-2-11-28-24(31)23-15-21-17-27-12-8-22(21)29-23/h4-8,12,15,17-18,26,29H,2-3,9-11,13-14,16H2,1H3,(H,28,31). The number of amides is 2. The fourth-order valence-electron chi connectivity index (χ4n) is 4.36. The Balaban J connectivity index is 1.16. The molecule has 0 bridgehead atoms. The van der Waals surface area contributed by atoms with Gasteiger partial charge in [-0.25, -0.2) is 0 Å². The molecule has 1 aliphatic heterocycles. The molecule has 0 aliphatic carbocycles. The number of carbonyl (C=O) groups excluding carboxylic acids is 2. The highest BCUT2D eigenvalue weighted by atomic mass is 16.2. The first-order chi connectivity index (χ1) is 15.6. The highest BCUT2D eigenvalue weighted by Crippen LogP contribution is 2.23. The van der Waals surface area contributed by atoms with E-state index < -0.39 is 0 Å². The number of likely N-dealkylation sites (tertiary alicyclic amines) is 1. The summed E-state index contributed by atoms with van der Waals surface area (Å²) in [6, 6.07) is 11.6. The molecule has 7 nitrogen and oxygen atoms in total. The number of hydrogen-bond donors (Lipinski definition) is 3. The Labute approximate surface area is 188 Å². The van der Waals surface area contributed by atoms with Crippen LogP contribution in [0, 0.1) is 5.92 Å². The van der Waals surface area contributed by atoms with Crippen molar-refractivity contribution < 1.29 is 9.59 Å². The molecule has 0 saturated carbocycles. The molecule has 32 heavy (non-hydrogen) atoms. The van der Waals surface area contributed by atoms with E-state index in [1.807, 2.05) is 48.3 Å². The fraction of sp³-hybridized carbons (Fsp3) is 0.400. The van der Waals surface area contributed by atoms with Gasteiger partial charge in [0, 0.05) is 55.0 Å². The molecular formula is C25H31N5O2. The van der Waals surface area contributed by atoms with Crippen molar-refractivity contribution in [1.29, 1.82) is 0 Å². The van der Waals surface area contributed by atoms with Gasteiger partial charge in [0.25, 0.3) is 11.8 Å². The lowest BCUT2D eigenvalue weighted by Gasteiger charge is -2.32. The molecule has 7 heteroatoms. The Kier molecular flexibility index (Phi) is 7.17. The van der Waals surface area contributed by atoms with E-state index in [1.165, 1.54) is 5.56 Å². The Bertz CT molecular complexity index is 1020. The molecule has 0 unspecified atom stereocenters. The summed E-state index contributed by atoms with van der Waals surface area (Å²) in [5.74, 6) is 0.649. The van der Waals surface area contributed by atoms with Crippen molar-refractivity contribution >= 4 is 22.7 Å². The van der Waals surface area contributed by atoms with Crippen LogP contribution in [0.15, 0.2) is 48.8 Å². The number of rotatable bonds is 8. The summed E-state index contributed by atoms with van der Waals surface area (Å²) in [5.41, 5.74) is 3.43. The molecule has 1 fully saturated rings. The summed E-state index contributed by atoms with van der Waals surface area (Å²) < 4.78 is 0. The predicted molar refractivity (Wildman–Crippen MR) is 125 cm³/mol. The molecule has 1 aliphatic rings. The van der Waals surface area contributed by atoms with Gasteiger partial charge in [-0.15, -0.1) is 0 Å². The van der Waals surface area contributed by atoms with Gasteiger partial charge in [-0.05, 0) is 68.5 Å². The summed E-state index contributed by atoms with van der Waals surface area (Å²) in [6.07, 6.45) is 7.51. The van der Waals surface area contributed by atoms with E-state index in [9.17, 15) is 9.59 Å². The van der Waals surface area contributed by atoms with E-state index in [1.54, 1.807) is 12.4 Å². The molecule has 168 valence electrons. The van der Waals surface area contributed by atoms with E-state index in [2.05, 4.69) is 20.6 Å². The lowest BCUT2D eigenvalue weighted by atomic mass is 9.92. The molecule has 2 amide bonds. The first kappa shape index (κ1) is 22.0. The number of carbonyl (C=O) groups is 2. The SMILES string of the molecule is CNCc1ccc(C(=O)N2CCC(CCCNC(=O)c3cc4cnccc4[nH]3)CC2)cc1. The molecule has 3 aromatic rings. The summed E-state index contributed by atoms with van der Waals surface area (Å²) in [5, 5.41) is 7.06. The number of aromatic nitrogens is 2. The third-order valence-electron chi connectivity index (χ3n) is 6.22. The monoisotopic (exact) mass is 433 g/mol. The van der Waals surface area contributed by atoms with Crippen molar-refractivity contribution in [3.63, 3.8) is 0 Å². The van der Waals surface area contributed by atoms with Crippen LogP contribution >= 0.6 is 0 Å². The minimum atomic E-state index is -0.0812. The molecule has 0 atom stereocenters. The highest BCUT2D eigenvalue weighted by Gasteiger charge is 2.23. The van der Waals surface area contributed by atoms with Crippen LogP contribution in [0.3, 0.4) is 0 Å². The van der Waals surface area contributed by atoms with Crippen molar-refractivity contribution in [2.75, 3.05) is 26.7 Å². The molecule has 3 heterocycles. The number of nitrogens with zero attached hydrogens (tertiary/aromatic N) is 2. The zero-order valence-electron chi connectivity index (χ0n) is 18.6. The molecular weight excluding hydrogens is 402 g/mol. The smallest absolute Gasteiger partial charge is 0.267 e. The van der Waals surface area contributed by atoms with Gasteiger partial charge in [0.05, 0.1) is 0 Å². The summed E-state index contributed by atoms with van der Waals surface area (Å²) in [6.45, 7) is 3.07. The second-order valence-corrected chi connectivity index (χ2v) is 8.51.